The van der Waals surface area contributed by atoms with Crippen molar-refractivity contribution in [1.29, 1.82) is 0 Å². The molecule has 2 atom stereocenters. The van der Waals surface area contributed by atoms with Gasteiger partial charge in [0.05, 0.1) is 17.8 Å². The lowest BCUT2D eigenvalue weighted by atomic mass is 9.99. The van der Waals surface area contributed by atoms with Gasteiger partial charge in [0.1, 0.15) is 6.34 Å². The Morgan fingerprint density at radius 3 is 2.62 bits per heavy atom. The number of benzene rings is 2. The van der Waals surface area contributed by atoms with E-state index in [1.807, 2.05) is 6.34 Å². The van der Waals surface area contributed by atoms with Crippen LogP contribution in [-0.4, -0.2) is 17.4 Å². The van der Waals surface area contributed by atoms with Gasteiger partial charge in [0, 0.05) is 0 Å². The first-order chi connectivity index (χ1) is 10.3. The first kappa shape index (κ1) is 13.7. The number of hydrogen-bond donors (Lipinski definition) is 1. The van der Waals surface area contributed by atoms with E-state index in [1.54, 1.807) is 0 Å². The second-order valence-corrected chi connectivity index (χ2v) is 5.48. The van der Waals surface area contributed by atoms with E-state index in [1.165, 1.54) is 11.1 Å². The summed E-state index contributed by atoms with van der Waals surface area (Å²) >= 11 is 0. The lowest BCUT2D eigenvalue weighted by Crippen LogP contribution is -2.33. The molecule has 2 aromatic carbocycles. The molecule has 0 saturated heterocycles. The number of hydrogen-bond acceptors (Lipinski definition) is 3. The molecule has 0 aliphatic carbocycles. The quantitative estimate of drug-likeness (QED) is 0.909. The van der Waals surface area contributed by atoms with Crippen LogP contribution in [-0.2, 0) is 0 Å². The second-order valence-electron chi connectivity index (χ2n) is 5.48. The van der Waals surface area contributed by atoms with Gasteiger partial charge in [-0.25, -0.2) is 0 Å². The highest BCUT2D eigenvalue weighted by atomic mass is 15.5. The fourth-order valence-corrected chi connectivity index (χ4v) is 2.82. The molecule has 1 aliphatic heterocycles. The van der Waals surface area contributed by atoms with Crippen molar-refractivity contribution in [2.75, 3.05) is 5.43 Å². The van der Waals surface area contributed by atoms with Crippen molar-refractivity contribution in [3.8, 4) is 0 Å². The topological polar surface area (TPSA) is 27.6 Å². The first-order valence-electron chi connectivity index (χ1n) is 7.48. The maximum absolute atomic E-state index is 4.65. The molecule has 108 valence electrons. The average Bonchev–Trinajstić information content (AvgIpc) is 2.91. The Labute approximate surface area is 126 Å². The van der Waals surface area contributed by atoms with Gasteiger partial charge < -0.3 is 0 Å². The van der Waals surface area contributed by atoms with Gasteiger partial charge in [-0.15, -0.1) is 0 Å². The fraction of sp³-hybridized carbons (Fsp3) is 0.278. The number of hydrazine groups is 1. The summed E-state index contributed by atoms with van der Waals surface area (Å²) in [4.78, 5) is 4.65. The molecule has 2 unspecified atom stereocenters. The molecule has 1 heterocycles. The van der Waals surface area contributed by atoms with Gasteiger partial charge >= 0.3 is 0 Å². The molecular weight excluding hydrogens is 258 g/mol. The van der Waals surface area contributed by atoms with Crippen LogP contribution >= 0.6 is 0 Å². The SMILES string of the molecule is CCC1N=CN(Nc2cccc(C)c2)C1c1ccccc1. The van der Waals surface area contributed by atoms with Gasteiger partial charge in [-0.1, -0.05) is 49.4 Å². The van der Waals surface area contributed by atoms with Crippen LogP contribution in [0.25, 0.3) is 0 Å². The van der Waals surface area contributed by atoms with E-state index in [9.17, 15) is 0 Å². The number of rotatable bonds is 4. The molecule has 0 bridgehead atoms. The minimum Gasteiger partial charge on any atom is -0.297 e. The van der Waals surface area contributed by atoms with E-state index in [0.29, 0.717) is 6.04 Å². The molecule has 0 fully saturated rings. The summed E-state index contributed by atoms with van der Waals surface area (Å²) < 4.78 is 0. The Balaban J connectivity index is 1.85. The molecule has 2 aromatic rings. The summed E-state index contributed by atoms with van der Waals surface area (Å²) in [5.41, 5.74) is 7.12. The van der Waals surface area contributed by atoms with Crippen LogP contribution in [0.3, 0.4) is 0 Å². The van der Waals surface area contributed by atoms with Crippen LogP contribution in [0.2, 0.25) is 0 Å². The highest BCUT2D eigenvalue weighted by molar-refractivity contribution is 5.63. The molecule has 0 saturated carbocycles. The smallest absolute Gasteiger partial charge is 0.105 e. The average molecular weight is 279 g/mol. The van der Waals surface area contributed by atoms with Crippen LogP contribution < -0.4 is 5.43 Å². The molecule has 21 heavy (non-hydrogen) atoms. The monoisotopic (exact) mass is 279 g/mol. The van der Waals surface area contributed by atoms with E-state index in [-0.39, 0.29) is 6.04 Å². The molecule has 3 heteroatoms. The van der Waals surface area contributed by atoms with Crippen LogP contribution in [0, 0.1) is 6.92 Å². The zero-order valence-corrected chi connectivity index (χ0v) is 12.5. The molecule has 1 aliphatic rings. The van der Waals surface area contributed by atoms with Gasteiger partial charge in [0.15, 0.2) is 0 Å². The molecule has 0 spiro atoms. The van der Waals surface area contributed by atoms with Gasteiger partial charge in [-0.3, -0.25) is 15.4 Å². The van der Waals surface area contributed by atoms with Gasteiger partial charge in [-0.05, 0) is 36.6 Å². The molecule has 0 aromatic heterocycles. The molecule has 0 radical (unpaired) electrons. The molecule has 1 N–H and O–H groups in total. The zero-order valence-electron chi connectivity index (χ0n) is 12.5. The van der Waals surface area contributed by atoms with Crippen molar-refractivity contribution < 1.29 is 0 Å². The lowest BCUT2D eigenvalue weighted by Gasteiger charge is -2.29. The third-order valence-electron chi connectivity index (χ3n) is 3.88. The number of anilines is 1. The maximum atomic E-state index is 4.65. The minimum atomic E-state index is 0.247. The number of nitrogens with zero attached hydrogens (tertiary/aromatic N) is 2. The molecule has 3 rings (SSSR count). The second kappa shape index (κ2) is 6.00. The minimum absolute atomic E-state index is 0.247. The zero-order chi connectivity index (χ0) is 14.7. The molecule has 3 nitrogen and oxygen atoms in total. The van der Waals surface area contributed by atoms with E-state index in [2.05, 4.69) is 83.9 Å². The maximum Gasteiger partial charge on any atom is 0.105 e. The van der Waals surface area contributed by atoms with Gasteiger partial charge in [0.2, 0.25) is 0 Å². The predicted octanol–water partition coefficient (Wildman–Crippen LogP) is 4.19. The lowest BCUT2D eigenvalue weighted by molar-refractivity contribution is 0.355. The van der Waals surface area contributed by atoms with Crippen LogP contribution in [0.4, 0.5) is 5.69 Å². The van der Waals surface area contributed by atoms with Crippen molar-refractivity contribution in [3.05, 3.63) is 65.7 Å². The van der Waals surface area contributed by atoms with Crippen LogP contribution in [0.5, 0.6) is 0 Å². The van der Waals surface area contributed by atoms with E-state index in [0.717, 1.165) is 12.1 Å². The number of nitrogens with one attached hydrogen (secondary N) is 1. The Kier molecular flexibility index (Phi) is 3.91. The van der Waals surface area contributed by atoms with Crippen molar-refractivity contribution in [1.82, 2.24) is 5.01 Å². The molecular formula is C18H21N3. The molecule has 0 amide bonds. The third kappa shape index (κ3) is 2.92. The van der Waals surface area contributed by atoms with E-state index in [4.69, 9.17) is 0 Å². The Bertz CT molecular complexity index is 621. The predicted molar refractivity (Wildman–Crippen MR) is 88.4 cm³/mol. The highest BCUT2D eigenvalue weighted by Gasteiger charge is 2.31. The normalized spacial score (nSPS) is 20.8. The third-order valence-corrected chi connectivity index (χ3v) is 3.88. The summed E-state index contributed by atoms with van der Waals surface area (Å²) in [6, 6.07) is 19.5. The van der Waals surface area contributed by atoms with Crippen molar-refractivity contribution >= 4 is 12.0 Å². The summed E-state index contributed by atoms with van der Waals surface area (Å²) in [6.07, 6.45) is 2.95. The highest BCUT2D eigenvalue weighted by Crippen LogP contribution is 2.31. The van der Waals surface area contributed by atoms with E-state index >= 15 is 0 Å². The van der Waals surface area contributed by atoms with Crippen LogP contribution in [0.1, 0.15) is 30.5 Å². The van der Waals surface area contributed by atoms with E-state index < -0.39 is 0 Å². The van der Waals surface area contributed by atoms with Crippen LogP contribution in [0.15, 0.2) is 59.6 Å². The standard InChI is InChI=1S/C18H21N3/c1-3-17-18(15-9-5-4-6-10-15)21(13-19-17)20-16-11-7-8-14(2)12-16/h4-13,17-18,20H,3H2,1-2H3. The van der Waals surface area contributed by atoms with Gasteiger partial charge in [-0.2, -0.15) is 0 Å². The number of aryl methyl sites for hydroxylation is 1. The van der Waals surface area contributed by atoms with Gasteiger partial charge in [0.25, 0.3) is 0 Å². The summed E-state index contributed by atoms with van der Waals surface area (Å²) in [7, 11) is 0. The van der Waals surface area contributed by atoms with Crippen molar-refractivity contribution in [2.24, 2.45) is 4.99 Å². The Morgan fingerprint density at radius 1 is 1.10 bits per heavy atom. The Hall–Kier alpha value is -2.29. The summed E-state index contributed by atoms with van der Waals surface area (Å²) in [5.74, 6) is 0. The summed E-state index contributed by atoms with van der Waals surface area (Å²) in [5, 5.41) is 2.12. The largest absolute Gasteiger partial charge is 0.297 e. The Morgan fingerprint density at radius 2 is 1.90 bits per heavy atom. The summed E-state index contributed by atoms with van der Waals surface area (Å²) in [6.45, 7) is 4.29. The van der Waals surface area contributed by atoms with Crippen molar-refractivity contribution in [3.63, 3.8) is 0 Å². The number of aliphatic imine (C=N–C) groups is 1. The fourth-order valence-electron chi connectivity index (χ4n) is 2.82. The first-order valence-corrected chi connectivity index (χ1v) is 7.48. The van der Waals surface area contributed by atoms with Crippen molar-refractivity contribution in [2.45, 2.75) is 32.4 Å².